The maximum atomic E-state index is 11.3. The summed E-state index contributed by atoms with van der Waals surface area (Å²) in [5.41, 5.74) is 0. The van der Waals surface area contributed by atoms with Crippen LogP contribution in [0.4, 0.5) is 0 Å². The van der Waals surface area contributed by atoms with Crippen molar-refractivity contribution >= 4 is 10.0 Å². The van der Waals surface area contributed by atoms with Gasteiger partial charge in [0.1, 0.15) is 5.76 Å². The average Bonchev–Trinajstić information content (AvgIpc) is 2.68. The number of nitrogens with one attached hydrogen (secondary N) is 2. The Morgan fingerprint density at radius 2 is 2.20 bits per heavy atom. The predicted molar refractivity (Wildman–Crippen MR) is 53.7 cm³/mol. The number of aliphatic hydroxyl groups is 1. The first-order valence-electron chi connectivity index (χ1n) is 4.44. The Morgan fingerprint density at radius 3 is 2.80 bits per heavy atom. The van der Waals surface area contributed by atoms with Crippen molar-refractivity contribution < 1.29 is 17.9 Å². The highest BCUT2D eigenvalue weighted by atomic mass is 32.2. The second kappa shape index (κ2) is 5.26. The zero-order valence-electron chi connectivity index (χ0n) is 8.36. The molecule has 0 unspecified atom stereocenters. The first-order chi connectivity index (χ1) is 7.10. The van der Waals surface area contributed by atoms with Crippen LogP contribution < -0.4 is 10.0 Å². The summed E-state index contributed by atoms with van der Waals surface area (Å²) in [4.78, 5) is 0. The fourth-order valence-corrected chi connectivity index (χ4v) is 1.65. The van der Waals surface area contributed by atoms with Crippen molar-refractivity contribution in [2.45, 2.75) is 11.6 Å². The Kier molecular flexibility index (Phi) is 4.28. The molecule has 0 spiro atoms. The molecule has 0 fully saturated rings. The van der Waals surface area contributed by atoms with Crippen LogP contribution in [0.25, 0.3) is 0 Å². The largest absolute Gasteiger partial charge is 0.447 e. The minimum atomic E-state index is -3.50. The third kappa shape index (κ3) is 3.31. The van der Waals surface area contributed by atoms with Crippen molar-refractivity contribution in [2.24, 2.45) is 0 Å². The molecule has 3 N–H and O–H groups in total. The normalized spacial score (nSPS) is 11.9. The van der Waals surface area contributed by atoms with E-state index in [9.17, 15) is 8.42 Å². The predicted octanol–water partition coefficient (Wildman–Crippen LogP) is -0.730. The zero-order valence-corrected chi connectivity index (χ0v) is 9.17. The summed E-state index contributed by atoms with van der Waals surface area (Å²) in [6, 6.07) is 2.97. The lowest BCUT2D eigenvalue weighted by Crippen LogP contribution is -2.18. The number of sulfonamides is 1. The lowest BCUT2D eigenvalue weighted by atomic mass is 10.4. The van der Waals surface area contributed by atoms with Gasteiger partial charge in [-0.2, -0.15) is 0 Å². The molecule has 1 aromatic rings. The molecular formula is C8H14N2O4S. The van der Waals surface area contributed by atoms with Gasteiger partial charge in [-0.3, -0.25) is 0 Å². The van der Waals surface area contributed by atoms with Crippen molar-refractivity contribution in [3.8, 4) is 0 Å². The minimum Gasteiger partial charge on any atom is -0.447 e. The summed E-state index contributed by atoms with van der Waals surface area (Å²) in [7, 11) is -2.18. The van der Waals surface area contributed by atoms with Crippen LogP contribution in [0.2, 0.25) is 0 Å². The number of hydrogen-bond acceptors (Lipinski definition) is 5. The molecule has 1 heterocycles. The lowest BCUT2D eigenvalue weighted by molar-refractivity contribution is 0.288. The molecule has 86 valence electrons. The Morgan fingerprint density at radius 1 is 1.47 bits per heavy atom. The third-order valence-electron chi connectivity index (χ3n) is 1.76. The summed E-state index contributed by atoms with van der Waals surface area (Å²) in [5, 5.41) is 11.3. The Bertz CT molecular complexity index is 399. The van der Waals surface area contributed by atoms with Gasteiger partial charge >= 0.3 is 0 Å². The highest BCUT2D eigenvalue weighted by molar-refractivity contribution is 7.89. The second-order valence-corrected chi connectivity index (χ2v) is 4.65. The van der Waals surface area contributed by atoms with Crippen LogP contribution in [0, 0.1) is 0 Å². The molecule has 6 nitrogen and oxygen atoms in total. The molecule has 0 radical (unpaired) electrons. The molecule has 15 heavy (non-hydrogen) atoms. The van der Waals surface area contributed by atoms with E-state index in [1.54, 1.807) is 6.07 Å². The van der Waals surface area contributed by atoms with E-state index in [-0.39, 0.29) is 11.7 Å². The van der Waals surface area contributed by atoms with Crippen molar-refractivity contribution in [3.63, 3.8) is 0 Å². The first kappa shape index (κ1) is 12.2. The summed E-state index contributed by atoms with van der Waals surface area (Å²) in [5.74, 6) is 0.511. The average molecular weight is 234 g/mol. The van der Waals surface area contributed by atoms with Gasteiger partial charge in [0.25, 0.3) is 10.0 Å². The molecular weight excluding hydrogens is 220 g/mol. The Balaban J connectivity index is 2.65. The van der Waals surface area contributed by atoms with E-state index < -0.39 is 10.0 Å². The quantitative estimate of drug-likeness (QED) is 0.564. The maximum absolute atomic E-state index is 11.3. The van der Waals surface area contributed by atoms with Gasteiger partial charge in [-0.05, 0) is 19.2 Å². The molecule has 0 bridgehead atoms. The second-order valence-electron chi connectivity index (χ2n) is 2.83. The van der Waals surface area contributed by atoms with E-state index in [4.69, 9.17) is 9.52 Å². The summed E-state index contributed by atoms with van der Waals surface area (Å²) >= 11 is 0. The number of aliphatic hydroxyl groups excluding tert-OH is 1. The Labute approximate surface area is 88.3 Å². The molecule has 0 aromatic carbocycles. The van der Waals surface area contributed by atoms with E-state index in [2.05, 4.69) is 10.0 Å². The summed E-state index contributed by atoms with van der Waals surface area (Å²) < 4.78 is 29.8. The van der Waals surface area contributed by atoms with Crippen LogP contribution in [0.3, 0.4) is 0 Å². The van der Waals surface area contributed by atoms with Crippen LogP contribution in [0.15, 0.2) is 21.6 Å². The van der Waals surface area contributed by atoms with Crippen LogP contribution in [-0.2, 0) is 16.6 Å². The van der Waals surface area contributed by atoms with Gasteiger partial charge in [0.15, 0.2) is 0 Å². The molecule has 0 atom stereocenters. The standard InChI is InChI=1S/C8H14N2O4S/c1-9-15(12,13)8-3-2-7(14-8)6-10-4-5-11/h2-3,9-11H,4-6H2,1H3. The molecule has 1 rings (SSSR count). The van der Waals surface area contributed by atoms with E-state index >= 15 is 0 Å². The first-order valence-corrected chi connectivity index (χ1v) is 5.92. The lowest BCUT2D eigenvalue weighted by Gasteiger charge is -1.99. The van der Waals surface area contributed by atoms with Crippen molar-refractivity contribution in [1.82, 2.24) is 10.0 Å². The van der Waals surface area contributed by atoms with Crippen LogP contribution in [0.5, 0.6) is 0 Å². The topological polar surface area (TPSA) is 91.6 Å². The van der Waals surface area contributed by atoms with Crippen molar-refractivity contribution in [3.05, 3.63) is 17.9 Å². The van der Waals surface area contributed by atoms with Gasteiger partial charge in [-0.15, -0.1) is 0 Å². The van der Waals surface area contributed by atoms with Crippen LogP contribution in [-0.4, -0.2) is 33.7 Å². The van der Waals surface area contributed by atoms with Crippen molar-refractivity contribution in [2.75, 3.05) is 20.2 Å². The molecule has 1 aromatic heterocycles. The molecule has 0 amide bonds. The van der Waals surface area contributed by atoms with Gasteiger partial charge in [-0.25, -0.2) is 13.1 Å². The number of rotatable bonds is 6. The molecule has 0 aliphatic heterocycles. The van der Waals surface area contributed by atoms with Gasteiger partial charge < -0.3 is 14.8 Å². The van der Waals surface area contributed by atoms with E-state index in [1.807, 2.05) is 0 Å². The Hall–Kier alpha value is -0.890. The third-order valence-corrected chi connectivity index (χ3v) is 3.04. The molecule has 0 aliphatic carbocycles. The highest BCUT2D eigenvalue weighted by Gasteiger charge is 2.15. The van der Waals surface area contributed by atoms with E-state index in [1.165, 1.54) is 13.1 Å². The molecule has 0 saturated carbocycles. The van der Waals surface area contributed by atoms with Crippen LogP contribution >= 0.6 is 0 Å². The van der Waals surface area contributed by atoms with Gasteiger partial charge in [0, 0.05) is 6.54 Å². The smallest absolute Gasteiger partial charge is 0.273 e. The van der Waals surface area contributed by atoms with E-state index in [0.29, 0.717) is 18.8 Å². The fourth-order valence-electron chi connectivity index (χ4n) is 0.989. The molecule has 0 aliphatic rings. The van der Waals surface area contributed by atoms with Crippen LogP contribution in [0.1, 0.15) is 5.76 Å². The van der Waals surface area contributed by atoms with E-state index in [0.717, 1.165) is 0 Å². The number of hydrogen-bond donors (Lipinski definition) is 3. The monoisotopic (exact) mass is 234 g/mol. The van der Waals surface area contributed by atoms with Crippen molar-refractivity contribution in [1.29, 1.82) is 0 Å². The summed E-state index contributed by atoms with van der Waals surface area (Å²) in [6.07, 6.45) is 0. The van der Waals surface area contributed by atoms with Gasteiger partial charge in [0.05, 0.1) is 13.2 Å². The SMILES string of the molecule is CNS(=O)(=O)c1ccc(CNCCO)o1. The highest BCUT2D eigenvalue weighted by Crippen LogP contribution is 2.12. The minimum absolute atomic E-state index is 0.0301. The maximum Gasteiger partial charge on any atom is 0.273 e. The van der Waals surface area contributed by atoms with Gasteiger partial charge in [0.2, 0.25) is 5.09 Å². The van der Waals surface area contributed by atoms with Gasteiger partial charge in [-0.1, -0.05) is 0 Å². The molecule has 7 heteroatoms. The number of furan rings is 1. The summed E-state index contributed by atoms with van der Waals surface area (Å²) in [6.45, 7) is 0.858. The molecule has 0 saturated heterocycles. The zero-order chi connectivity index (χ0) is 11.3. The fraction of sp³-hybridized carbons (Fsp3) is 0.500.